The molecule has 3 rings (SSSR count). The van der Waals surface area contributed by atoms with Crippen molar-refractivity contribution in [1.29, 1.82) is 0 Å². The highest BCUT2D eigenvalue weighted by atomic mass is 16.3. The third-order valence-corrected chi connectivity index (χ3v) is 3.45. The number of hydrogen-bond donors (Lipinski definition) is 3. The van der Waals surface area contributed by atoms with Crippen LogP contribution in [0.1, 0.15) is 12.1 Å². The van der Waals surface area contributed by atoms with E-state index in [0.717, 1.165) is 17.1 Å². The van der Waals surface area contributed by atoms with Gasteiger partial charge < -0.3 is 15.7 Å². The zero-order valence-electron chi connectivity index (χ0n) is 13.8. The summed E-state index contributed by atoms with van der Waals surface area (Å²) in [5.74, 6) is 1.19. The first kappa shape index (κ1) is 16.8. The van der Waals surface area contributed by atoms with Crippen LogP contribution in [0, 0.1) is 0 Å². The monoisotopic (exact) mass is 336 g/mol. The van der Waals surface area contributed by atoms with Gasteiger partial charge in [0.2, 0.25) is 5.95 Å². The van der Waals surface area contributed by atoms with Crippen molar-refractivity contribution < 1.29 is 5.11 Å². The molecule has 0 unspecified atom stereocenters. The molecule has 0 amide bonds. The van der Waals surface area contributed by atoms with Crippen LogP contribution < -0.4 is 10.6 Å². The van der Waals surface area contributed by atoms with E-state index in [9.17, 15) is 0 Å². The lowest BCUT2D eigenvalue weighted by molar-refractivity contribution is 0.292. The summed E-state index contributed by atoms with van der Waals surface area (Å²) < 4.78 is 0. The Morgan fingerprint density at radius 1 is 0.880 bits per heavy atom. The van der Waals surface area contributed by atoms with Crippen molar-refractivity contribution in [3.8, 4) is 11.4 Å². The van der Waals surface area contributed by atoms with Gasteiger partial charge in [-0.3, -0.25) is 9.97 Å². The highest BCUT2D eigenvalue weighted by Crippen LogP contribution is 2.19. The molecule has 7 nitrogen and oxygen atoms in total. The van der Waals surface area contributed by atoms with Crippen LogP contribution in [-0.4, -0.2) is 38.2 Å². The van der Waals surface area contributed by atoms with Gasteiger partial charge in [-0.1, -0.05) is 12.1 Å². The zero-order chi connectivity index (χ0) is 17.3. The molecule has 0 aliphatic heterocycles. The Kier molecular flexibility index (Phi) is 5.84. The molecule has 7 heteroatoms. The van der Waals surface area contributed by atoms with Gasteiger partial charge in [-0.25, -0.2) is 4.98 Å². The first-order valence-corrected chi connectivity index (χ1v) is 8.14. The molecule has 0 radical (unpaired) electrons. The summed E-state index contributed by atoms with van der Waals surface area (Å²) in [6.45, 7) is 1.29. The second-order valence-corrected chi connectivity index (χ2v) is 5.36. The molecule has 3 heterocycles. The number of nitrogens with one attached hydrogen (secondary N) is 2. The molecule has 3 aromatic heterocycles. The van der Waals surface area contributed by atoms with E-state index in [0.29, 0.717) is 31.3 Å². The standard InChI is InChI=1S/C18H20N6O/c25-11-5-10-21-18-23-16(15-7-2-4-9-20-15)12-17(24-18)22-13-14-6-1-3-8-19-14/h1-4,6-9,12,25H,5,10-11,13H2,(H2,21,22,23,24). The molecule has 3 aromatic rings. The largest absolute Gasteiger partial charge is 0.396 e. The van der Waals surface area contributed by atoms with E-state index >= 15 is 0 Å². The molecule has 0 saturated carbocycles. The average molecular weight is 336 g/mol. The van der Waals surface area contributed by atoms with Crippen LogP contribution >= 0.6 is 0 Å². The average Bonchev–Trinajstić information content (AvgIpc) is 2.68. The van der Waals surface area contributed by atoms with E-state index in [1.165, 1.54) is 0 Å². The summed E-state index contributed by atoms with van der Waals surface area (Å²) in [5.41, 5.74) is 2.43. The van der Waals surface area contributed by atoms with Crippen molar-refractivity contribution in [2.45, 2.75) is 13.0 Å². The maximum Gasteiger partial charge on any atom is 0.225 e. The number of aliphatic hydroxyl groups excluding tert-OH is 1. The molecular formula is C18H20N6O. The minimum Gasteiger partial charge on any atom is -0.396 e. The van der Waals surface area contributed by atoms with Gasteiger partial charge in [0.25, 0.3) is 0 Å². The summed E-state index contributed by atoms with van der Waals surface area (Å²) >= 11 is 0. The molecule has 0 aromatic carbocycles. The highest BCUT2D eigenvalue weighted by Gasteiger charge is 2.08. The van der Waals surface area contributed by atoms with Crippen molar-refractivity contribution in [2.75, 3.05) is 23.8 Å². The number of anilines is 2. The second-order valence-electron chi connectivity index (χ2n) is 5.36. The van der Waals surface area contributed by atoms with Gasteiger partial charge >= 0.3 is 0 Å². The Labute approximate surface area is 146 Å². The normalized spacial score (nSPS) is 10.4. The molecule has 128 valence electrons. The van der Waals surface area contributed by atoms with Gasteiger partial charge in [-0.2, -0.15) is 4.98 Å². The Balaban J connectivity index is 1.81. The summed E-state index contributed by atoms with van der Waals surface area (Å²) in [4.78, 5) is 17.6. The number of aromatic nitrogens is 4. The van der Waals surface area contributed by atoms with Crippen LogP contribution in [-0.2, 0) is 6.54 Å². The number of nitrogens with zero attached hydrogens (tertiary/aromatic N) is 4. The fraction of sp³-hybridized carbons (Fsp3) is 0.222. The molecule has 0 bridgehead atoms. The van der Waals surface area contributed by atoms with Crippen LogP contribution in [0.3, 0.4) is 0 Å². The van der Waals surface area contributed by atoms with Crippen LogP contribution in [0.2, 0.25) is 0 Å². The predicted octanol–water partition coefficient (Wildman–Crippen LogP) is 2.34. The van der Waals surface area contributed by atoms with Gasteiger partial charge in [0.05, 0.1) is 23.6 Å². The first-order valence-electron chi connectivity index (χ1n) is 8.14. The zero-order valence-corrected chi connectivity index (χ0v) is 13.8. The van der Waals surface area contributed by atoms with Gasteiger partial charge in [-0.05, 0) is 30.7 Å². The van der Waals surface area contributed by atoms with E-state index in [1.54, 1.807) is 12.4 Å². The predicted molar refractivity (Wildman–Crippen MR) is 97.0 cm³/mol. The van der Waals surface area contributed by atoms with Crippen LogP contribution in [0.4, 0.5) is 11.8 Å². The number of pyridine rings is 2. The third-order valence-electron chi connectivity index (χ3n) is 3.45. The van der Waals surface area contributed by atoms with E-state index in [4.69, 9.17) is 5.11 Å². The fourth-order valence-electron chi connectivity index (χ4n) is 2.23. The van der Waals surface area contributed by atoms with Crippen molar-refractivity contribution in [2.24, 2.45) is 0 Å². The Morgan fingerprint density at radius 3 is 2.44 bits per heavy atom. The van der Waals surface area contributed by atoms with Gasteiger partial charge in [0.15, 0.2) is 0 Å². The topological polar surface area (TPSA) is 95.8 Å². The van der Waals surface area contributed by atoms with Crippen LogP contribution in [0.5, 0.6) is 0 Å². The number of rotatable bonds is 8. The lowest BCUT2D eigenvalue weighted by atomic mass is 10.2. The number of aliphatic hydroxyl groups is 1. The van der Waals surface area contributed by atoms with Crippen molar-refractivity contribution >= 4 is 11.8 Å². The Hall–Kier alpha value is -3.06. The van der Waals surface area contributed by atoms with Gasteiger partial charge in [0, 0.05) is 31.6 Å². The van der Waals surface area contributed by atoms with E-state index in [-0.39, 0.29) is 6.61 Å². The lowest BCUT2D eigenvalue weighted by Gasteiger charge is -2.11. The SMILES string of the molecule is OCCCNc1nc(NCc2ccccn2)cc(-c2ccccn2)n1. The summed E-state index contributed by atoms with van der Waals surface area (Å²) in [7, 11) is 0. The highest BCUT2D eigenvalue weighted by molar-refractivity contribution is 5.60. The molecule has 0 spiro atoms. The molecule has 0 aliphatic rings. The minimum absolute atomic E-state index is 0.123. The van der Waals surface area contributed by atoms with Gasteiger partial charge in [0.1, 0.15) is 5.82 Å². The maximum atomic E-state index is 8.93. The second kappa shape index (κ2) is 8.70. The summed E-state index contributed by atoms with van der Waals surface area (Å²) in [5, 5.41) is 15.3. The fourth-order valence-corrected chi connectivity index (χ4v) is 2.23. The molecule has 3 N–H and O–H groups in total. The van der Waals surface area contributed by atoms with Gasteiger partial charge in [-0.15, -0.1) is 0 Å². The third kappa shape index (κ3) is 4.95. The lowest BCUT2D eigenvalue weighted by Crippen LogP contribution is -2.10. The Morgan fingerprint density at radius 2 is 1.72 bits per heavy atom. The Bertz CT molecular complexity index is 782. The molecular weight excluding hydrogens is 316 g/mol. The van der Waals surface area contributed by atoms with Crippen molar-refractivity contribution in [3.05, 3.63) is 60.6 Å². The van der Waals surface area contributed by atoms with Crippen molar-refractivity contribution in [3.63, 3.8) is 0 Å². The van der Waals surface area contributed by atoms with E-state index in [1.807, 2.05) is 42.5 Å². The molecule has 25 heavy (non-hydrogen) atoms. The van der Waals surface area contributed by atoms with E-state index < -0.39 is 0 Å². The molecule has 0 fully saturated rings. The summed E-state index contributed by atoms with van der Waals surface area (Å²) in [6, 6.07) is 13.3. The molecule has 0 saturated heterocycles. The molecule has 0 atom stereocenters. The summed E-state index contributed by atoms with van der Waals surface area (Å²) in [6.07, 6.45) is 4.13. The van der Waals surface area contributed by atoms with Crippen LogP contribution in [0.15, 0.2) is 54.9 Å². The first-order chi connectivity index (χ1) is 12.3. The smallest absolute Gasteiger partial charge is 0.225 e. The van der Waals surface area contributed by atoms with Crippen molar-refractivity contribution in [1.82, 2.24) is 19.9 Å². The molecule has 0 aliphatic carbocycles. The van der Waals surface area contributed by atoms with Crippen LogP contribution in [0.25, 0.3) is 11.4 Å². The van der Waals surface area contributed by atoms with E-state index in [2.05, 4.69) is 30.6 Å². The maximum absolute atomic E-state index is 8.93. The quantitative estimate of drug-likeness (QED) is 0.543. The number of hydrogen-bond acceptors (Lipinski definition) is 7. The minimum atomic E-state index is 0.123.